The summed E-state index contributed by atoms with van der Waals surface area (Å²) in [6.45, 7) is 2.21. The first-order valence-electron chi connectivity index (χ1n) is 8.69. The van der Waals surface area contributed by atoms with E-state index < -0.39 is 0 Å². The Bertz CT molecular complexity index is 1220. The van der Waals surface area contributed by atoms with E-state index in [4.69, 9.17) is 14.5 Å². The van der Waals surface area contributed by atoms with Crippen molar-refractivity contribution in [3.8, 4) is 22.8 Å². The molecule has 0 radical (unpaired) electrons. The molecule has 2 aromatic heterocycles. The third-order valence-corrected chi connectivity index (χ3v) is 5.09. The molecule has 0 atom stereocenters. The summed E-state index contributed by atoms with van der Waals surface area (Å²) in [5, 5.41) is 3.37. The van der Waals surface area contributed by atoms with Gasteiger partial charge in [0.1, 0.15) is 23.0 Å². The SMILES string of the molecule is Cc1ccn2c(Nc3ccc4c(c3)OCO4)c(-c3cc(Br)ccc3F)nc2c1. The van der Waals surface area contributed by atoms with Gasteiger partial charge in [0, 0.05) is 28.0 Å². The summed E-state index contributed by atoms with van der Waals surface area (Å²) >= 11 is 3.42. The van der Waals surface area contributed by atoms with Crippen molar-refractivity contribution in [2.45, 2.75) is 6.92 Å². The highest BCUT2D eigenvalue weighted by atomic mass is 79.9. The lowest BCUT2D eigenvalue weighted by Crippen LogP contribution is -1.98. The number of hydrogen-bond acceptors (Lipinski definition) is 4. The number of halogens is 2. The highest BCUT2D eigenvalue weighted by Crippen LogP contribution is 2.38. The van der Waals surface area contributed by atoms with Gasteiger partial charge in [0.2, 0.25) is 6.79 Å². The number of benzene rings is 2. The lowest BCUT2D eigenvalue weighted by Gasteiger charge is -2.10. The van der Waals surface area contributed by atoms with Crippen molar-refractivity contribution in [2.24, 2.45) is 0 Å². The van der Waals surface area contributed by atoms with E-state index in [1.807, 2.05) is 47.9 Å². The molecule has 1 N–H and O–H groups in total. The third kappa shape index (κ3) is 2.88. The molecule has 1 aliphatic rings. The van der Waals surface area contributed by atoms with E-state index in [0.29, 0.717) is 28.6 Å². The standard InChI is InChI=1S/C21H15BrFN3O2/c1-12-6-7-26-19(8-12)25-20(15-9-13(22)2-4-16(15)23)21(26)24-14-3-5-17-18(10-14)28-11-27-17/h2-10,24H,11H2,1H3. The molecule has 0 saturated heterocycles. The van der Waals surface area contributed by atoms with E-state index in [1.54, 1.807) is 12.1 Å². The molecule has 0 amide bonds. The maximum atomic E-state index is 14.6. The quantitative estimate of drug-likeness (QED) is 0.445. The number of pyridine rings is 1. The van der Waals surface area contributed by atoms with E-state index in [9.17, 15) is 4.39 Å². The van der Waals surface area contributed by atoms with Gasteiger partial charge in [0.05, 0.1) is 0 Å². The van der Waals surface area contributed by atoms with Gasteiger partial charge in [-0.3, -0.25) is 4.40 Å². The Balaban J connectivity index is 1.69. The van der Waals surface area contributed by atoms with Crippen molar-refractivity contribution >= 4 is 33.1 Å². The topological polar surface area (TPSA) is 47.8 Å². The fourth-order valence-corrected chi connectivity index (χ4v) is 3.60. The van der Waals surface area contributed by atoms with Gasteiger partial charge in [-0.1, -0.05) is 15.9 Å². The number of imidazole rings is 1. The monoisotopic (exact) mass is 439 g/mol. The van der Waals surface area contributed by atoms with Gasteiger partial charge in [-0.05, 0) is 55.0 Å². The largest absolute Gasteiger partial charge is 0.454 e. The Morgan fingerprint density at radius 3 is 2.82 bits per heavy atom. The van der Waals surface area contributed by atoms with Crippen LogP contribution in [0.4, 0.5) is 15.9 Å². The second-order valence-corrected chi connectivity index (χ2v) is 7.47. The molecule has 0 fully saturated rings. The van der Waals surface area contributed by atoms with Crippen molar-refractivity contribution < 1.29 is 13.9 Å². The lowest BCUT2D eigenvalue weighted by molar-refractivity contribution is 0.174. The Hall–Kier alpha value is -3.06. The number of rotatable bonds is 3. The van der Waals surface area contributed by atoms with Gasteiger partial charge in [-0.15, -0.1) is 0 Å². The average molecular weight is 440 g/mol. The lowest BCUT2D eigenvalue weighted by atomic mass is 10.1. The molecule has 0 bridgehead atoms. The molecule has 28 heavy (non-hydrogen) atoms. The fraction of sp³-hybridized carbons (Fsp3) is 0.0952. The van der Waals surface area contributed by atoms with Gasteiger partial charge in [-0.2, -0.15) is 0 Å². The summed E-state index contributed by atoms with van der Waals surface area (Å²) in [5.74, 6) is 1.71. The van der Waals surface area contributed by atoms with Crippen LogP contribution in [-0.2, 0) is 0 Å². The number of nitrogens with zero attached hydrogens (tertiary/aromatic N) is 2. The van der Waals surface area contributed by atoms with Crippen molar-refractivity contribution in [3.63, 3.8) is 0 Å². The van der Waals surface area contributed by atoms with Gasteiger partial charge in [0.25, 0.3) is 0 Å². The van der Waals surface area contributed by atoms with E-state index >= 15 is 0 Å². The number of nitrogens with one attached hydrogen (secondary N) is 1. The van der Waals surface area contributed by atoms with Crippen molar-refractivity contribution in [2.75, 3.05) is 12.1 Å². The minimum Gasteiger partial charge on any atom is -0.454 e. The minimum atomic E-state index is -0.336. The maximum Gasteiger partial charge on any atom is 0.231 e. The minimum absolute atomic E-state index is 0.210. The zero-order valence-electron chi connectivity index (χ0n) is 14.9. The van der Waals surface area contributed by atoms with Crippen LogP contribution in [0.3, 0.4) is 0 Å². The van der Waals surface area contributed by atoms with Crippen LogP contribution in [0.15, 0.2) is 59.2 Å². The summed E-state index contributed by atoms with van der Waals surface area (Å²) in [6, 6.07) is 14.4. The van der Waals surface area contributed by atoms with Crippen LogP contribution in [-0.4, -0.2) is 16.2 Å². The van der Waals surface area contributed by atoms with Gasteiger partial charge < -0.3 is 14.8 Å². The van der Waals surface area contributed by atoms with Crippen LogP contribution in [0.25, 0.3) is 16.9 Å². The fourth-order valence-electron chi connectivity index (χ4n) is 3.24. The predicted molar refractivity (Wildman–Crippen MR) is 109 cm³/mol. The smallest absolute Gasteiger partial charge is 0.231 e. The van der Waals surface area contributed by atoms with Gasteiger partial charge in [0.15, 0.2) is 11.5 Å². The molecule has 0 aliphatic carbocycles. The zero-order chi connectivity index (χ0) is 19.3. The summed E-state index contributed by atoms with van der Waals surface area (Å²) in [4.78, 5) is 4.70. The molecule has 1 aliphatic heterocycles. The molecular formula is C21H15BrFN3O2. The van der Waals surface area contributed by atoms with Crippen molar-refractivity contribution in [1.29, 1.82) is 0 Å². The Kier molecular flexibility index (Phi) is 3.98. The second kappa shape index (κ2) is 6.53. The van der Waals surface area contributed by atoms with E-state index in [-0.39, 0.29) is 12.6 Å². The van der Waals surface area contributed by atoms with Crippen LogP contribution in [0.5, 0.6) is 11.5 Å². The van der Waals surface area contributed by atoms with Crippen LogP contribution >= 0.6 is 15.9 Å². The van der Waals surface area contributed by atoms with Crippen molar-refractivity contribution in [3.05, 3.63) is 70.6 Å². The normalized spacial score (nSPS) is 12.5. The van der Waals surface area contributed by atoms with Crippen LogP contribution in [0.2, 0.25) is 0 Å². The van der Waals surface area contributed by atoms with Crippen LogP contribution in [0.1, 0.15) is 5.56 Å². The first-order chi connectivity index (χ1) is 13.6. The molecule has 3 heterocycles. The number of ether oxygens (including phenoxy) is 2. The molecule has 140 valence electrons. The molecule has 2 aromatic carbocycles. The molecule has 7 heteroatoms. The molecule has 5 rings (SSSR count). The zero-order valence-corrected chi connectivity index (χ0v) is 16.5. The van der Waals surface area contributed by atoms with Crippen molar-refractivity contribution in [1.82, 2.24) is 9.38 Å². The molecule has 0 saturated carbocycles. The summed E-state index contributed by atoms with van der Waals surface area (Å²) in [5.41, 5.74) is 3.55. The number of aryl methyl sites for hydroxylation is 1. The summed E-state index contributed by atoms with van der Waals surface area (Å²) < 4.78 is 28.2. The van der Waals surface area contributed by atoms with E-state index in [0.717, 1.165) is 21.4 Å². The highest BCUT2D eigenvalue weighted by molar-refractivity contribution is 9.10. The molecule has 0 spiro atoms. The Labute approximate surface area is 168 Å². The van der Waals surface area contributed by atoms with Crippen LogP contribution < -0.4 is 14.8 Å². The molecule has 5 nitrogen and oxygen atoms in total. The maximum absolute atomic E-state index is 14.6. The Morgan fingerprint density at radius 2 is 1.93 bits per heavy atom. The molecular weight excluding hydrogens is 425 g/mol. The van der Waals surface area contributed by atoms with E-state index in [2.05, 4.69) is 21.2 Å². The number of hydrogen-bond donors (Lipinski definition) is 1. The first kappa shape index (κ1) is 17.1. The summed E-state index contributed by atoms with van der Waals surface area (Å²) in [7, 11) is 0. The second-order valence-electron chi connectivity index (χ2n) is 6.56. The molecule has 4 aromatic rings. The number of aromatic nitrogens is 2. The predicted octanol–water partition coefficient (Wildman–Crippen LogP) is 5.68. The van der Waals surface area contributed by atoms with Crippen LogP contribution in [0, 0.1) is 12.7 Å². The summed E-state index contributed by atoms with van der Waals surface area (Å²) in [6.07, 6.45) is 1.92. The Morgan fingerprint density at radius 1 is 1.07 bits per heavy atom. The highest BCUT2D eigenvalue weighted by Gasteiger charge is 2.19. The number of anilines is 2. The van der Waals surface area contributed by atoms with Gasteiger partial charge in [-0.25, -0.2) is 9.37 Å². The molecule has 0 unspecified atom stereocenters. The average Bonchev–Trinajstić information content (AvgIpc) is 3.28. The van der Waals surface area contributed by atoms with E-state index in [1.165, 1.54) is 6.07 Å². The number of fused-ring (bicyclic) bond motifs is 2. The van der Waals surface area contributed by atoms with Gasteiger partial charge >= 0.3 is 0 Å². The first-order valence-corrected chi connectivity index (χ1v) is 9.48. The third-order valence-electron chi connectivity index (χ3n) is 4.60.